The monoisotopic (exact) mass is 251 g/mol. The van der Waals surface area contributed by atoms with Crippen LogP contribution in [0.25, 0.3) is 0 Å². The lowest BCUT2D eigenvalue weighted by atomic mass is 10.1. The second-order valence-corrected chi connectivity index (χ2v) is 4.87. The van der Waals surface area contributed by atoms with Crippen molar-refractivity contribution in [1.82, 2.24) is 4.90 Å². The third-order valence-corrected chi connectivity index (χ3v) is 3.32. The zero-order valence-corrected chi connectivity index (χ0v) is 10.9. The van der Waals surface area contributed by atoms with Crippen molar-refractivity contribution in [3.63, 3.8) is 0 Å². The third-order valence-electron chi connectivity index (χ3n) is 2.84. The molecule has 4 heteroatoms. The zero-order chi connectivity index (χ0) is 12.4. The van der Waals surface area contributed by atoms with Crippen molar-refractivity contribution >= 4 is 17.2 Å². The highest BCUT2D eigenvalue weighted by molar-refractivity contribution is 7.80. The van der Waals surface area contributed by atoms with E-state index in [2.05, 4.69) is 4.90 Å². The van der Waals surface area contributed by atoms with Crippen molar-refractivity contribution < 1.29 is 9.84 Å². The first-order valence-electron chi connectivity index (χ1n) is 5.80. The van der Waals surface area contributed by atoms with Crippen molar-refractivity contribution in [2.24, 2.45) is 0 Å². The van der Waals surface area contributed by atoms with Crippen LogP contribution in [-0.2, 0) is 4.74 Å². The normalized spacial score (nSPS) is 24.7. The van der Waals surface area contributed by atoms with Crippen molar-refractivity contribution in [2.75, 3.05) is 13.1 Å². The van der Waals surface area contributed by atoms with Crippen LogP contribution in [0.3, 0.4) is 0 Å². The molecule has 0 unspecified atom stereocenters. The molecule has 1 aliphatic rings. The van der Waals surface area contributed by atoms with Gasteiger partial charge in [0.05, 0.1) is 17.8 Å². The highest BCUT2D eigenvalue weighted by Gasteiger charge is 2.25. The molecule has 1 aromatic carbocycles. The van der Waals surface area contributed by atoms with Gasteiger partial charge in [-0.15, -0.1) is 0 Å². The zero-order valence-electron chi connectivity index (χ0n) is 10.1. The van der Waals surface area contributed by atoms with E-state index in [0.717, 1.165) is 18.7 Å². The smallest absolute Gasteiger partial charge is 0.125 e. The number of nitrogens with zero attached hydrogens (tertiary/aromatic N) is 1. The number of para-hydroxylation sites is 1. The number of ether oxygens (including phenoxy) is 1. The van der Waals surface area contributed by atoms with Crippen molar-refractivity contribution in [3.8, 4) is 5.75 Å². The van der Waals surface area contributed by atoms with Crippen LogP contribution in [0.2, 0.25) is 0 Å². The summed E-state index contributed by atoms with van der Waals surface area (Å²) in [5.74, 6) is 0.240. The molecule has 1 N–H and O–H groups in total. The summed E-state index contributed by atoms with van der Waals surface area (Å²) in [6, 6.07) is 7.19. The van der Waals surface area contributed by atoms with Crippen LogP contribution in [0.5, 0.6) is 5.75 Å². The average Bonchev–Trinajstić information content (AvgIpc) is 2.27. The minimum absolute atomic E-state index is 0.169. The number of rotatable bonds is 1. The summed E-state index contributed by atoms with van der Waals surface area (Å²) in [5.41, 5.74) is 0.726. The fraction of sp³-hybridized carbons (Fsp3) is 0.462. The molecule has 1 aromatic rings. The lowest BCUT2D eigenvalue weighted by Gasteiger charge is -2.37. The van der Waals surface area contributed by atoms with Gasteiger partial charge in [-0.05, 0) is 26.0 Å². The number of aromatic hydroxyl groups is 1. The molecule has 0 radical (unpaired) electrons. The molecule has 3 nitrogen and oxygen atoms in total. The first-order valence-corrected chi connectivity index (χ1v) is 6.21. The Balaban J connectivity index is 2.17. The maximum atomic E-state index is 9.80. The van der Waals surface area contributed by atoms with E-state index in [0.29, 0.717) is 4.99 Å². The molecule has 1 heterocycles. The van der Waals surface area contributed by atoms with Crippen molar-refractivity contribution in [1.29, 1.82) is 0 Å². The molecule has 17 heavy (non-hydrogen) atoms. The van der Waals surface area contributed by atoms with Crippen LogP contribution in [0, 0.1) is 0 Å². The van der Waals surface area contributed by atoms with E-state index in [9.17, 15) is 5.11 Å². The third kappa shape index (κ3) is 2.76. The van der Waals surface area contributed by atoms with E-state index in [-0.39, 0.29) is 18.0 Å². The molecule has 0 bridgehead atoms. The number of hydrogen-bond acceptors (Lipinski definition) is 3. The number of hydrogen-bond donors (Lipinski definition) is 1. The quantitative estimate of drug-likeness (QED) is 0.775. The Bertz CT molecular complexity index is 412. The van der Waals surface area contributed by atoms with Gasteiger partial charge in [-0.2, -0.15) is 0 Å². The lowest BCUT2D eigenvalue weighted by Crippen LogP contribution is -2.47. The van der Waals surface area contributed by atoms with Crippen LogP contribution in [0.4, 0.5) is 0 Å². The summed E-state index contributed by atoms with van der Waals surface area (Å²) in [6.07, 6.45) is 0.338. The number of phenols is 1. The van der Waals surface area contributed by atoms with E-state index in [1.54, 1.807) is 12.1 Å². The van der Waals surface area contributed by atoms with Crippen LogP contribution in [0.1, 0.15) is 19.4 Å². The summed E-state index contributed by atoms with van der Waals surface area (Å²) in [4.78, 5) is 2.80. The Hall–Kier alpha value is -1.13. The van der Waals surface area contributed by atoms with Crippen LogP contribution in [-0.4, -0.2) is 40.3 Å². The second-order valence-electron chi connectivity index (χ2n) is 4.48. The largest absolute Gasteiger partial charge is 0.507 e. The molecule has 0 aromatic heterocycles. The van der Waals surface area contributed by atoms with Gasteiger partial charge in [0.25, 0.3) is 0 Å². The fourth-order valence-electron chi connectivity index (χ4n) is 2.17. The molecule has 1 aliphatic heterocycles. The van der Waals surface area contributed by atoms with E-state index in [1.165, 1.54) is 0 Å². The molecular formula is C13H17NO2S. The Morgan fingerprint density at radius 1 is 1.29 bits per heavy atom. The number of benzene rings is 1. The molecule has 0 aliphatic carbocycles. The molecule has 92 valence electrons. The molecule has 2 rings (SSSR count). The standard InChI is InChI=1S/C13H17NO2S/c1-9-7-14(8-10(2)16-9)13(17)11-5-3-4-6-12(11)15/h3-6,9-10,15H,7-8H2,1-2H3/t9-,10+. The Morgan fingerprint density at radius 3 is 2.47 bits per heavy atom. The molecule has 1 saturated heterocycles. The van der Waals surface area contributed by atoms with E-state index >= 15 is 0 Å². The van der Waals surface area contributed by atoms with Gasteiger partial charge in [-0.3, -0.25) is 0 Å². The van der Waals surface area contributed by atoms with Crippen molar-refractivity contribution in [2.45, 2.75) is 26.1 Å². The Kier molecular flexibility index (Phi) is 3.64. The summed E-state index contributed by atoms with van der Waals surface area (Å²) < 4.78 is 5.67. The molecular weight excluding hydrogens is 234 g/mol. The number of thiocarbonyl (C=S) groups is 1. The van der Waals surface area contributed by atoms with E-state index in [1.807, 2.05) is 26.0 Å². The van der Waals surface area contributed by atoms with E-state index < -0.39 is 0 Å². The highest BCUT2D eigenvalue weighted by Crippen LogP contribution is 2.21. The average molecular weight is 251 g/mol. The van der Waals surface area contributed by atoms with E-state index in [4.69, 9.17) is 17.0 Å². The second kappa shape index (κ2) is 5.02. The predicted octanol–water partition coefficient (Wildman–Crippen LogP) is 2.18. The first kappa shape index (κ1) is 12.3. The van der Waals surface area contributed by atoms with Gasteiger partial charge in [0.15, 0.2) is 0 Å². The molecule has 2 atom stereocenters. The summed E-state index contributed by atoms with van der Waals surface area (Å²) in [7, 11) is 0. The van der Waals surface area contributed by atoms with Gasteiger partial charge >= 0.3 is 0 Å². The minimum atomic E-state index is 0.169. The Labute approximate surface area is 107 Å². The SMILES string of the molecule is C[C@@H]1CN(C(=S)c2ccccc2O)C[C@H](C)O1. The first-order chi connectivity index (χ1) is 8.08. The minimum Gasteiger partial charge on any atom is -0.507 e. The number of phenolic OH excluding ortho intramolecular Hbond substituents is 1. The Morgan fingerprint density at radius 2 is 1.88 bits per heavy atom. The van der Waals surface area contributed by atoms with Gasteiger partial charge in [0.1, 0.15) is 10.7 Å². The fourth-order valence-corrected chi connectivity index (χ4v) is 2.49. The van der Waals surface area contributed by atoms with Gasteiger partial charge in [-0.25, -0.2) is 0 Å². The number of morpholine rings is 1. The van der Waals surface area contributed by atoms with Crippen LogP contribution < -0.4 is 0 Å². The topological polar surface area (TPSA) is 32.7 Å². The predicted molar refractivity (Wildman–Crippen MR) is 71.4 cm³/mol. The molecule has 0 saturated carbocycles. The molecule has 0 spiro atoms. The van der Waals surface area contributed by atoms with Gasteiger partial charge in [0, 0.05) is 13.1 Å². The van der Waals surface area contributed by atoms with Gasteiger partial charge in [-0.1, -0.05) is 24.4 Å². The molecule has 0 amide bonds. The van der Waals surface area contributed by atoms with Crippen LogP contribution in [0.15, 0.2) is 24.3 Å². The summed E-state index contributed by atoms with van der Waals surface area (Å²) >= 11 is 5.44. The molecule has 1 fully saturated rings. The van der Waals surface area contributed by atoms with Crippen LogP contribution >= 0.6 is 12.2 Å². The maximum Gasteiger partial charge on any atom is 0.125 e. The summed E-state index contributed by atoms with van der Waals surface area (Å²) in [6.45, 7) is 5.63. The van der Waals surface area contributed by atoms with Gasteiger partial charge < -0.3 is 14.7 Å². The highest BCUT2D eigenvalue weighted by atomic mass is 32.1. The van der Waals surface area contributed by atoms with Gasteiger partial charge in [0.2, 0.25) is 0 Å². The maximum absolute atomic E-state index is 9.80. The van der Waals surface area contributed by atoms with Crippen molar-refractivity contribution in [3.05, 3.63) is 29.8 Å². The lowest BCUT2D eigenvalue weighted by molar-refractivity contribution is -0.0472. The summed E-state index contributed by atoms with van der Waals surface area (Å²) in [5, 5.41) is 9.80.